The highest BCUT2D eigenvalue weighted by Gasteiger charge is 2.40. The summed E-state index contributed by atoms with van der Waals surface area (Å²) in [4.78, 5) is 14.6. The van der Waals surface area contributed by atoms with Gasteiger partial charge in [0.2, 0.25) is 0 Å². The molecule has 1 fully saturated rings. The third kappa shape index (κ3) is 3.55. The largest absolute Gasteiger partial charge is 0.493 e. The van der Waals surface area contributed by atoms with Crippen molar-refractivity contribution in [2.24, 2.45) is 5.92 Å². The van der Waals surface area contributed by atoms with Crippen LogP contribution in [0.3, 0.4) is 0 Å². The van der Waals surface area contributed by atoms with Crippen LogP contribution >= 0.6 is 0 Å². The Morgan fingerprint density at radius 1 is 1.16 bits per heavy atom. The van der Waals surface area contributed by atoms with Crippen LogP contribution in [-0.2, 0) is 17.6 Å². The van der Waals surface area contributed by atoms with E-state index in [0.717, 1.165) is 43.7 Å². The van der Waals surface area contributed by atoms with Gasteiger partial charge in [-0.3, -0.25) is 0 Å². The van der Waals surface area contributed by atoms with E-state index in [-0.39, 0.29) is 12.1 Å². The van der Waals surface area contributed by atoms with E-state index in [4.69, 9.17) is 14.2 Å². The molecule has 1 aliphatic carbocycles. The van der Waals surface area contributed by atoms with Crippen molar-refractivity contribution in [2.75, 3.05) is 20.8 Å². The molecule has 1 amide bonds. The van der Waals surface area contributed by atoms with E-state index in [9.17, 15) is 4.79 Å². The molecule has 5 nitrogen and oxygen atoms in total. The predicted molar refractivity (Wildman–Crippen MR) is 96.4 cm³/mol. The van der Waals surface area contributed by atoms with E-state index in [1.54, 1.807) is 14.2 Å². The smallest absolute Gasteiger partial charge is 0.410 e. The summed E-state index contributed by atoms with van der Waals surface area (Å²) < 4.78 is 16.7. The van der Waals surface area contributed by atoms with Crippen molar-refractivity contribution in [1.82, 2.24) is 4.90 Å². The summed E-state index contributed by atoms with van der Waals surface area (Å²) in [5.41, 5.74) is 2.01. The zero-order chi connectivity index (χ0) is 18.2. The Labute approximate surface area is 150 Å². The number of piperidine rings is 1. The van der Waals surface area contributed by atoms with Crippen molar-refractivity contribution in [1.29, 1.82) is 0 Å². The van der Waals surface area contributed by atoms with Gasteiger partial charge in [0.15, 0.2) is 11.5 Å². The van der Waals surface area contributed by atoms with Crippen LogP contribution in [-0.4, -0.2) is 43.4 Å². The summed E-state index contributed by atoms with van der Waals surface area (Å²) >= 11 is 0. The minimum absolute atomic E-state index is 0.189. The summed E-state index contributed by atoms with van der Waals surface area (Å²) in [7, 11) is 3.36. The fourth-order valence-corrected chi connectivity index (χ4v) is 4.13. The Bertz CT molecular complexity index is 650. The monoisotopic (exact) mass is 347 g/mol. The Morgan fingerprint density at radius 3 is 2.56 bits per heavy atom. The first kappa shape index (κ1) is 17.9. The number of amides is 1. The summed E-state index contributed by atoms with van der Waals surface area (Å²) in [6.45, 7) is 6.53. The molecule has 1 aromatic carbocycles. The number of rotatable bonds is 2. The molecule has 3 rings (SSSR count). The highest BCUT2D eigenvalue weighted by molar-refractivity contribution is 5.69. The fourth-order valence-electron chi connectivity index (χ4n) is 4.13. The van der Waals surface area contributed by atoms with Crippen molar-refractivity contribution in [3.63, 3.8) is 0 Å². The van der Waals surface area contributed by atoms with Crippen LogP contribution in [0, 0.1) is 5.92 Å². The molecule has 0 N–H and O–H groups in total. The van der Waals surface area contributed by atoms with Gasteiger partial charge in [-0.15, -0.1) is 0 Å². The Balaban J connectivity index is 1.88. The number of benzene rings is 1. The van der Waals surface area contributed by atoms with E-state index >= 15 is 0 Å². The van der Waals surface area contributed by atoms with Gasteiger partial charge >= 0.3 is 6.09 Å². The molecule has 1 aromatic rings. The molecule has 5 heteroatoms. The third-order valence-corrected chi connectivity index (χ3v) is 5.19. The maximum Gasteiger partial charge on any atom is 0.410 e. The normalized spacial score (nSPS) is 22.7. The lowest BCUT2D eigenvalue weighted by atomic mass is 9.75. The Kier molecular flexibility index (Phi) is 4.85. The molecule has 0 unspecified atom stereocenters. The number of carbonyl (C=O) groups is 1. The van der Waals surface area contributed by atoms with Crippen LogP contribution in [0.5, 0.6) is 11.5 Å². The zero-order valence-electron chi connectivity index (χ0n) is 15.9. The molecular formula is C20H29NO4. The van der Waals surface area contributed by atoms with Crippen molar-refractivity contribution in [3.05, 3.63) is 23.3 Å². The van der Waals surface area contributed by atoms with Crippen molar-refractivity contribution >= 4 is 6.09 Å². The van der Waals surface area contributed by atoms with Gasteiger partial charge in [-0.2, -0.15) is 0 Å². The number of fused-ring (bicyclic) bond motifs is 2. The molecule has 0 radical (unpaired) electrons. The van der Waals surface area contributed by atoms with E-state index in [2.05, 4.69) is 6.07 Å². The molecule has 138 valence electrons. The van der Waals surface area contributed by atoms with E-state index < -0.39 is 5.60 Å². The Hall–Kier alpha value is -1.91. The number of nitrogens with zero attached hydrogens (tertiary/aromatic N) is 1. The number of ether oxygens (including phenoxy) is 3. The molecule has 2 atom stereocenters. The molecule has 1 heterocycles. The molecular weight excluding hydrogens is 318 g/mol. The quantitative estimate of drug-likeness (QED) is 0.816. The number of hydrogen-bond acceptors (Lipinski definition) is 4. The second-order valence-corrected chi connectivity index (χ2v) is 7.99. The highest BCUT2D eigenvalue weighted by Crippen LogP contribution is 2.42. The van der Waals surface area contributed by atoms with Gasteiger partial charge in [0.05, 0.1) is 14.2 Å². The van der Waals surface area contributed by atoms with Crippen LogP contribution in [0.1, 0.15) is 44.7 Å². The number of hydrogen-bond donors (Lipinski definition) is 0. The zero-order valence-corrected chi connectivity index (χ0v) is 15.9. The average molecular weight is 347 g/mol. The average Bonchev–Trinajstić information content (AvgIpc) is 2.56. The second-order valence-electron chi connectivity index (χ2n) is 7.99. The van der Waals surface area contributed by atoms with Crippen molar-refractivity contribution in [2.45, 2.75) is 58.1 Å². The molecule has 1 saturated heterocycles. The molecule has 0 spiro atoms. The summed E-state index contributed by atoms with van der Waals surface area (Å²) in [6.07, 6.45) is 3.72. The minimum atomic E-state index is -0.465. The standard InChI is InChI=1S/C20H29NO4/c1-20(2,3)25-19(22)21-10-6-7-14-11-15-13(12-16(14)21)8-9-17(23-4)18(15)24-5/h8-9,14,16H,6-7,10-12H2,1-5H3/t14-,16-/m1/s1. The summed E-state index contributed by atoms with van der Waals surface area (Å²) in [6, 6.07) is 4.27. The highest BCUT2D eigenvalue weighted by atomic mass is 16.6. The van der Waals surface area contributed by atoms with Gasteiger partial charge in [0.1, 0.15) is 5.60 Å². The van der Waals surface area contributed by atoms with Gasteiger partial charge in [-0.05, 0) is 64.0 Å². The minimum Gasteiger partial charge on any atom is -0.493 e. The maximum atomic E-state index is 12.7. The number of methoxy groups -OCH3 is 2. The fraction of sp³-hybridized carbons (Fsp3) is 0.650. The van der Waals surface area contributed by atoms with Crippen LogP contribution in [0.15, 0.2) is 12.1 Å². The molecule has 0 aromatic heterocycles. The first-order valence-electron chi connectivity index (χ1n) is 9.06. The molecule has 0 bridgehead atoms. The van der Waals surface area contributed by atoms with Gasteiger partial charge in [0.25, 0.3) is 0 Å². The maximum absolute atomic E-state index is 12.7. The van der Waals surface area contributed by atoms with Crippen LogP contribution in [0.2, 0.25) is 0 Å². The topological polar surface area (TPSA) is 48.0 Å². The summed E-state index contributed by atoms with van der Waals surface area (Å²) in [5, 5.41) is 0. The lowest BCUT2D eigenvalue weighted by Gasteiger charge is -2.44. The van der Waals surface area contributed by atoms with Gasteiger partial charge in [0, 0.05) is 18.2 Å². The van der Waals surface area contributed by atoms with Gasteiger partial charge in [-0.1, -0.05) is 6.07 Å². The number of carbonyl (C=O) groups excluding carboxylic acids is 1. The van der Waals surface area contributed by atoms with Crippen LogP contribution in [0.25, 0.3) is 0 Å². The Morgan fingerprint density at radius 2 is 1.92 bits per heavy atom. The lowest BCUT2D eigenvalue weighted by Crippen LogP contribution is -2.53. The van der Waals surface area contributed by atoms with E-state index in [0.29, 0.717) is 5.92 Å². The molecule has 25 heavy (non-hydrogen) atoms. The predicted octanol–water partition coefficient (Wildman–Crippen LogP) is 3.82. The first-order chi connectivity index (χ1) is 11.8. The molecule has 2 aliphatic rings. The van der Waals surface area contributed by atoms with E-state index in [1.807, 2.05) is 31.7 Å². The molecule has 0 saturated carbocycles. The van der Waals surface area contributed by atoms with E-state index in [1.165, 1.54) is 11.1 Å². The lowest BCUT2D eigenvalue weighted by molar-refractivity contribution is -0.00145. The van der Waals surface area contributed by atoms with Crippen LogP contribution < -0.4 is 9.47 Å². The SMILES string of the molecule is COc1ccc2c(c1OC)C[C@H]1CCCN(C(=O)OC(C)(C)C)[C@@H]1C2. The van der Waals surface area contributed by atoms with Gasteiger partial charge < -0.3 is 19.1 Å². The molecule has 1 aliphatic heterocycles. The number of likely N-dealkylation sites (tertiary alicyclic amines) is 1. The second kappa shape index (κ2) is 6.77. The summed E-state index contributed by atoms with van der Waals surface area (Å²) in [5.74, 6) is 2.06. The van der Waals surface area contributed by atoms with Crippen LogP contribution in [0.4, 0.5) is 4.79 Å². The third-order valence-electron chi connectivity index (χ3n) is 5.19. The van der Waals surface area contributed by atoms with Crippen molar-refractivity contribution < 1.29 is 19.0 Å². The van der Waals surface area contributed by atoms with Crippen molar-refractivity contribution in [3.8, 4) is 11.5 Å². The van der Waals surface area contributed by atoms with Gasteiger partial charge in [-0.25, -0.2) is 4.79 Å². The first-order valence-corrected chi connectivity index (χ1v) is 9.06.